The molecule has 198 valence electrons. The van der Waals surface area contributed by atoms with Crippen LogP contribution in [0, 0.1) is 0 Å². The molecule has 0 fully saturated rings. The SMILES string of the molecule is [2H]c1c([2H])c([2H])c(-c2c([2H])c([2H])c(N(c3c([2H])c([2H])c([2H])c([2H])c3[2H])c3cccc4oc5c6ccccc6c(-c6ccccc6)cc5c34)c([2H])c2[2H])c([2H])c1[2H]. The second kappa shape index (κ2) is 10.1. The first-order valence-corrected chi connectivity index (χ1v) is 13.1. The summed E-state index contributed by atoms with van der Waals surface area (Å²) in [6.45, 7) is 0. The Hall–Kier alpha value is -5.60. The molecule has 0 radical (unpaired) electrons. The van der Waals surface area contributed by atoms with Crippen LogP contribution in [-0.2, 0) is 0 Å². The van der Waals surface area contributed by atoms with Crippen molar-refractivity contribution in [2.75, 3.05) is 4.90 Å². The third-order valence-corrected chi connectivity index (χ3v) is 7.10. The Kier molecular flexibility index (Phi) is 3.33. The lowest BCUT2D eigenvalue weighted by molar-refractivity contribution is 0.672. The van der Waals surface area contributed by atoms with Gasteiger partial charge in [-0.2, -0.15) is 0 Å². The Morgan fingerprint density at radius 1 is 0.500 bits per heavy atom. The Morgan fingerprint density at radius 3 is 1.90 bits per heavy atom. The molecule has 2 nitrogen and oxygen atoms in total. The van der Waals surface area contributed by atoms with E-state index in [-0.39, 0.29) is 5.69 Å². The fourth-order valence-corrected chi connectivity index (χ4v) is 5.30. The first-order chi connectivity index (χ1) is 26.7. The Bertz CT molecular complexity index is 2890. The van der Waals surface area contributed by atoms with Gasteiger partial charge in [-0.05, 0) is 70.0 Å². The first-order valence-electron chi connectivity index (χ1n) is 20.1. The maximum Gasteiger partial charge on any atom is 0.143 e. The fourth-order valence-electron chi connectivity index (χ4n) is 5.30. The summed E-state index contributed by atoms with van der Waals surface area (Å²) >= 11 is 0. The van der Waals surface area contributed by atoms with Gasteiger partial charge in [0.1, 0.15) is 11.2 Å². The maximum atomic E-state index is 9.36. The number of hydrogen-bond acceptors (Lipinski definition) is 2. The number of furan rings is 1. The fraction of sp³-hybridized carbons (Fsp3) is 0. The van der Waals surface area contributed by atoms with Gasteiger partial charge >= 0.3 is 0 Å². The summed E-state index contributed by atoms with van der Waals surface area (Å²) in [5, 5.41) is 2.57. The van der Waals surface area contributed by atoms with Crippen molar-refractivity contribution in [2.24, 2.45) is 0 Å². The quantitative estimate of drug-likeness (QED) is 0.211. The van der Waals surface area contributed by atoms with Crippen molar-refractivity contribution in [3.8, 4) is 22.3 Å². The minimum absolute atomic E-state index is 0.102. The number of rotatable bonds is 5. The number of para-hydroxylation sites is 1. The Labute approximate surface area is 264 Å². The van der Waals surface area contributed by atoms with Crippen molar-refractivity contribution in [1.82, 2.24) is 0 Å². The molecule has 7 aromatic carbocycles. The predicted octanol–water partition coefficient (Wildman–Crippen LogP) is 11.5. The average molecular weight is 552 g/mol. The topological polar surface area (TPSA) is 16.4 Å². The van der Waals surface area contributed by atoms with Gasteiger partial charge in [0.25, 0.3) is 0 Å². The molecular formula is C40H27NO. The molecule has 0 saturated heterocycles. The van der Waals surface area contributed by atoms with Crippen LogP contribution < -0.4 is 4.90 Å². The summed E-state index contributed by atoms with van der Waals surface area (Å²) in [5.74, 6) is 0. The van der Waals surface area contributed by atoms with E-state index in [1.807, 2.05) is 60.7 Å². The molecule has 42 heavy (non-hydrogen) atoms. The van der Waals surface area contributed by atoms with E-state index in [1.54, 1.807) is 18.2 Å². The second-order valence-electron chi connectivity index (χ2n) is 9.50. The van der Waals surface area contributed by atoms with Crippen LogP contribution in [0.3, 0.4) is 0 Å². The molecule has 0 aliphatic rings. The monoisotopic (exact) mass is 551 g/mol. The number of anilines is 3. The van der Waals surface area contributed by atoms with Crippen molar-refractivity contribution in [3.63, 3.8) is 0 Å². The van der Waals surface area contributed by atoms with Gasteiger partial charge in [-0.25, -0.2) is 0 Å². The standard InChI is InChI=1S/C40H27NO/c1-4-13-28(14-5-1)29-23-25-32(26-24-29)41(31-17-8-3-9-18-31)37-21-12-22-38-39(37)36-27-35(30-15-6-2-7-16-30)33-19-10-11-20-34(33)40(36)42-38/h1-27H/i1D,3D,4D,5D,8D,9D,13D,14D,17D,18D,23D,24D,25D,26D. The van der Waals surface area contributed by atoms with Crippen LogP contribution in [0.1, 0.15) is 19.2 Å². The third-order valence-electron chi connectivity index (χ3n) is 7.10. The van der Waals surface area contributed by atoms with Crippen molar-refractivity contribution in [2.45, 2.75) is 0 Å². The van der Waals surface area contributed by atoms with Crippen LogP contribution in [-0.4, -0.2) is 0 Å². The lowest BCUT2D eigenvalue weighted by Gasteiger charge is -2.26. The van der Waals surface area contributed by atoms with Gasteiger partial charge in [-0.15, -0.1) is 0 Å². The molecule has 8 rings (SSSR count). The zero-order valence-corrected chi connectivity index (χ0v) is 21.9. The summed E-state index contributed by atoms with van der Waals surface area (Å²) in [7, 11) is 0. The highest BCUT2D eigenvalue weighted by Crippen LogP contribution is 2.46. The highest BCUT2D eigenvalue weighted by molar-refractivity contribution is 6.22. The van der Waals surface area contributed by atoms with Gasteiger partial charge in [0, 0.05) is 22.1 Å². The first kappa shape index (κ1) is 13.8. The third kappa shape index (κ3) is 4.05. The number of fused-ring (bicyclic) bond motifs is 5. The Balaban J connectivity index is 1.54. The van der Waals surface area contributed by atoms with Crippen molar-refractivity contribution in [1.29, 1.82) is 0 Å². The van der Waals surface area contributed by atoms with Crippen LogP contribution in [0.5, 0.6) is 0 Å². The second-order valence-corrected chi connectivity index (χ2v) is 9.50. The van der Waals surface area contributed by atoms with E-state index in [4.69, 9.17) is 20.9 Å². The molecule has 0 amide bonds. The number of nitrogens with zero attached hydrogens (tertiary/aromatic N) is 1. The molecule has 2 heteroatoms. The molecule has 0 N–H and O–H groups in total. The van der Waals surface area contributed by atoms with E-state index in [1.165, 1.54) is 0 Å². The predicted molar refractivity (Wildman–Crippen MR) is 177 cm³/mol. The van der Waals surface area contributed by atoms with Gasteiger partial charge in [0.2, 0.25) is 0 Å². The van der Waals surface area contributed by atoms with Crippen LogP contribution in [0.4, 0.5) is 17.1 Å². The van der Waals surface area contributed by atoms with Crippen molar-refractivity contribution in [3.05, 3.63) is 163 Å². The van der Waals surface area contributed by atoms with Gasteiger partial charge in [-0.1, -0.05) is 121 Å². The molecule has 0 saturated carbocycles. The van der Waals surface area contributed by atoms with Gasteiger partial charge in [-0.3, -0.25) is 0 Å². The van der Waals surface area contributed by atoms with E-state index in [2.05, 4.69) is 0 Å². The van der Waals surface area contributed by atoms with Gasteiger partial charge < -0.3 is 9.32 Å². The molecule has 1 heterocycles. The number of hydrogen-bond donors (Lipinski definition) is 0. The zero-order valence-electron chi connectivity index (χ0n) is 35.9. The van der Waals surface area contributed by atoms with E-state index in [0.29, 0.717) is 21.9 Å². The van der Waals surface area contributed by atoms with Gasteiger partial charge in [0.15, 0.2) is 0 Å². The summed E-state index contributed by atoms with van der Waals surface area (Å²) in [6.07, 6.45) is 0. The van der Waals surface area contributed by atoms with Crippen LogP contribution >= 0.6 is 0 Å². The molecule has 0 bridgehead atoms. The molecule has 0 unspecified atom stereocenters. The maximum absolute atomic E-state index is 9.36. The minimum atomic E-state index is -0.779. The summed E-state index contributed by atoms with van der Waals surface area (Å²) in [6, 6.07) is 13.8. The molecule has 0 atom stereocenters. The normalized spacial score (nSPS) is 16.0. The van der Waals surface area contributed by atoms with E-state index in [0.717, 1.165) is 26.8 Å². The van der Waals surface area contributed by atoms with E-state index < -0.39 is 107 Å². The number of benzene rings is 7. The van der Waals surface area contributed by atoms with Crippen LogP contribution in [0.2, 0.25) is 0 Å². The van der Waals surface area contributed by atoms with Gasteiger partial charge in [0.05, 0.1) is 30.3 Å². The molecular weight excluding hydrogens is 510 g/mol. The molecule has 0 spiro atoms. The van der Waals surface area contributed by atoms with Crippen molar-refractivity contribution >= 4 is 49.8 Å². The van der Waals surface area contributed by atoms with Crippen LogP contribution in [0.15, 0.2) is 168 Å². The summed E-state index contributed by atoms with van der Waals surface area (Å²) in [4.78, 5) is 1.10. The summed E-state index contributed by atoms with van der Waals surface area (Å²) < 4.78 is 128. The molecule has 1 aromatic heterocycles. The molecule has 8 aromatic rings. The molecule has 0 aliphatic carbocycles. The molecule has 0 aliphatic heterocycles. The van der Waals surface area contributed by atoms with Crippen molar-refractivity contribution < 1.29 is 23.6 Å². The Morgan fingerprint density at radius 2 is 1.14 bits per heavy atom. The highest BCUT2D eigenvalue weighted by Gasteiger charge is 2.21. The average Bonchev–Trinajstić information content (AvgIpc) is 3.60. The van der Waals surface area contributed by atoms with Crippen LogP contribution in [0.25, 0.3) is 55.0 Å². The zero-order chi connectivity index (χ0) is 40.1. The largest absolute Gasteiger partial charge is 0.455 e. The smallest absolute Gasteiger partial charge is 0.143 e. The highest BCUT2D eigenvalue weighted by atomic mass is 16.3. The van der Waals surface area contributed by atoms with E-state index in [9.17, 15) is 2.74 Å². The lowest BCUT2D eigenvalue weighted by Crippen LogP contribution is -2.10. The minimum Gasteiger partial charge on any atom is -0.455 e. The summed E-state index contributed by atoms with van der Waals surface area (Å²) in [5.41, 5.74) is 0.528. The van der Waals surface area contributed by atoms with E-state index >= 15 is 0 Å². The lowest BCUT2D eigenvalue weighted by atomic mass is 9.95.